The molecule has 6 heteroatoms. The van der Waals surface area contributed by atoms with Gasteiger partial charge >= 0.3 is 0 Å². The minimum atomic E-state index is 0.165. The number of hydrogen-bond donors (Lipinski definition) is 3. The van der Waals surface area contributed by atoms with E-state index in [4.69, 9.17) is 11.6 Å². The molecule has 1 aliphatic rings. The molecule has 1 aromatic carbocycles. The Balaban J connectivity index is 1.58. The monoisotopic (exact) mass is 364 g/mol. The van der Waals surface area contributed by atoms with Gasteiger partial charge in [-0.05, 0) is 36.5 Å². The van der Waals surface area contributed by atoms with Crippen LogP contribution < -0.4 is 16.0 Å². The van der Waals surface area contributed by atoms with Crippen LogP contribution in [-0.2, 0) is 11.3 Å². The smallest absolute Gasteiger partial charge is 0.220 e. The van der Waals surface area contributed by atoms with E-state index >= 15 is 0 Å². The van der Waals surface area contributed by atoms with Crippen molar-refractivity contribution >= 4 is 23.5 Å². The number of hydrogen-bond acceptors (Lipinski definition) is 2. The number of amides is 1. The molecule has 1 fully saturated rings. The van der Waals surface area contributed by atoms with Crippen LogP contribution in [0.5, 0.6) is 0 Å². The van der Waals surface area contributed by atoms with E-state index in [1.165, 1.54) is 32.1 Å². The van der Waals surface area contributed by atoms with Crippen LogP contribution in [0.1, 0.15) is 44.1 Å². The third kappa shape index (κ3) is 7.78. The molecule has 0 bridgehead atoms. The molecule has 25 heavy (non-hydrogen) atoms. The van der Waals surface area contributed by atoms with Crippen molar-refractivity contribution in [2.75, 3.05) is 20.1 Å². The van der Waals surface area contributed by atoms with Gasteiger partial charge in [-0.15, -0.1) is 0 Å². The van der Waals surface area contributed by atoms with Gasteiger partial charge in [0.15, 0.2) is 5.96 Å². The zero-order valence-electron chi connectivity index (χ0n) is 15.0. The van der Waals surface area contributed by atoms with Crippen molar-refractivity contribution in [3.63, 3.8) is 0 Å². The first-order chi connectivity index (χ1) is 12.2. The third-order valence-electron chi connectivity index (χ3n) is 4.54. The van der Waals surface area contributed by atoms with Crippen LogP contribution in [0.4, 0.5) is 0 Å². The number of carbonyl (C=O) groups is 1. The molecule has 138 valence electrons. The van der Waals surface area contributed by atoms with Gasteiger partial charge < -0.3 is 16.0 Å². The molecule has 0 atom stereocenters. The maximum atomic E-state index is 12.0. The van der Waals surface area contributed by atoms with E-state index in [9.17, 15) is 4.79 Å². The fourth-order valence-electron chi connectivity index (χ4n) is 3.12. The summed E-state index contributed by atoms with van der Waals surface area (Å²) in [6.45, 7) is 1.93. The molecule has 1 aromatic rings. The first-order valence-corrected chi connectivity index (χ1v) is 9.51. The summed E-state index contributed by atoms with van der Waals surface area (Å²) in [6, 6.07) is 7.70. The Morgan fingerprint density at radius 1 is 1.08 bits per heavy atom. The highest BCUT2D eigenvalue weighted by Crippen LogP contribution is 2.25. The summed E-state index contributed by atoms with van der Waals surface area (Å²) in [6.07, 6.45) is 6.94. The van der Waals surface area contributed by atoms with Gasteiger partial charge in [0.2, 0.25) is 5.91 Å². The molecule has 5 nitrogen and oxygen atoms in total. The average Bonchev–Trinajstić information content (AvgIpc) is 2.63. The van der Waals surface area contributed by atoms with Crippen molar-refractivity contribution in [3.05, 3.63) is 34.9 Å². The SMILES string of the molecule is CN=C(NCCNC(=O)CC1CCCCC1)NCc1ccc(Cl)cc1. The molecule has 0 radical (unpaired) electrons. The predicted molar refractivity (Wildman–Crippen MR) is 104 cm³/mol. The third-order valence-corrected chi connectivity index (χ3v) is 4.79. The number of nitrogens with one attached hydrogen (secondary N) is 3. The second-order valence-corrected chi connectivity index (χ2v) is 6.97. The Bertz CT molecular complexity index is 553. The van der Waals surface area contributed by atoms with Crippen molar-refractivity contribution in [2.45, 2.75) is 45.1 Å². The zero-order valence-corrected chi connectivity index (χ0v) is 15.7. The highest BCUT2D eigenvalue weighted by molar-refractivity contribution is 6.30. The number of nitrogens with zero attached hydrogens (tertiary/aromatic N) is 1. The van der Waals surface area contributed by atoms with E-state index in [2.05, 4.69) is 20.9 Å². The summed E-state index contributed by atoms with van der Waals surface area (Å²) in [4.78, 5) is 16.2. The first kappa shape index (κ1) is 19.6. The van der Waals surface area contributed by atoms with Crippen molar-refractivity contribution in [3.8, 4) is 0 Å². The minimum absolute atomic E-state index is 0.165. The fourth-order valence-corrected chi connectivity index (χ4v) is 3.24. The van der Waals surface area contributed by atoms with Gasteiger partial charge in [0, 0.05) is 38.1 Å². The topological polar surface area (TPSA) is 65.5 Å². The Morgan fingerprint density at radius 2 is 1.76 bits per heavy atom. The molecule has 0 spiro atoms. The molecular formula is C19H29ClN4O. The van der Waals surface area contributed by atoms with Crippen LogP contribution >= 0.6 is 11.6 Å². The lowest BCUT2D eigenvalue weighted by Gasteiger charge is -2.20. The number of carbonyl (C=O) groups excluding carboxylic acids is 1. The number of halogens is 1. The van der Waals surface area contributed by atoms with Crippen LogP contribution in [0.3, 0.4) is 0 Å². The van der Waals surface area contributed by atoms with Gasteiger partial charge in [0.25, 0.3) is 0 Å². The molecule has 0 aliphatic heterocycles. The van der Waals surface area contributed by atoms with Crippen molar-refractivity contribution in [1.29, 1.82) is 0 Å². The normalized spacial score (nSPS) is 15.7. The van der Waals surface area contributed by atoms with Gasteiger partial charge in [-0.25, -0.2) is 0 Å². The summed E-state index contributed by atoms with van der Waals surface area (Å²) in [7, 11) is 1.73. The van der Waals surface area contributed by atoms with Crippen molar-refractivity contribution in [1.82, 2.24) is 16.0 Å². The molecule has 0 heterocycles. The molecule has 2 rings (SSSR count). The molecule has 0 aromatic heterocycles. The van der Waals surface area contributed by atoms with Crippen molar-refractivity contribution < 1.29 is 4.79 Å². The molecule has 3 N–H and O–H groups in total. The quantitative estimate of drug-likeness (QED) is 0.395. The molecule has 1 saturated carbocycles. The lowest BCUT2D eigenvalue weighted by molar-refractivity contribution is -0.122. The number of guanidine groups is 1. The van der Waals surface area contributed by atoms with E-state index in [1.54, 1.807) is 7.05 Å². The number of benzene rings is 1. The molecule has 1 amide bonds. The summed E-state index contributed by atoms with van der Waals surface area (Å²) >= 11 is 5.88. The second-order valence-electron chi connectivity index (χ2n) is 6.54. The summed E-state index contributed by atoms with van der Waals surface area (Å²) in [5.74, 6) is 1.46. The Hall–Kier alpha value is -1.75. The van der Waals surface area contributed by atoms with Crippen LogP contribution in [0.2, 0.25) is 5.02 Å². The van der Waals surface area contributed by atoms with E-state index < -0.39 is 0 Å². The van der Waals surface area contributed by atoms with E-state index in [0.717, 1.165) is 16.5 Å². The Kier molecular flexibility index (Phi) is 8.60. The fraction of sp³-hybridized carbons (Fsp3) is 0.579. The minimum Gasteiger partial charge on any atom is -0.355 e. The Morgan fingerprint density at radius 3 is 2.44 bits per heavy atom. The van der Waals surface area contributed by atoms with Crippen LogP contribution in [-0.4, -0.2) is 32.0 Å². The first-order valence-electron chi connectivity index (χ1n) is 9.13. The highest BCUT2D eigenvalue weighted by atomic mass is 35.5. The van der Waals surface area contributed by atoms with Gasteiger partial charge in [-0.2, -0.15) is 0 Å². The summed E-state index contributed by atoms with van der Waals surface area (Å²) in [5, 5.41) is 10.2. The van der Waals surface area contributed by atoms with E-state index in [0.29, 0.717) is 32.0 Å². The number of rotatable bonds is 7. The van der Waals surface area contributed by atoms with E-state index in [-0.39, 0.29) is 5.91 Å². The summed E-state index contributed by atoms with van der Waals surface area (Å²) < 4.78 is 0. The Labute approximate surface area is 155 Å². The van der Waals surface area contributed by atoms with E-state index in [1.807, 2.05) is 24.3 Å². The maximum Gasteiger partial charge on any atom is 0.220 e. The molecule has 1 aliphatic carbocycles. The predicted octanol–water partition coefficient (Wildman–Crippen LogP) is 3.09. The number of aliphatic imine (C=N–C) groups is 1. The maximum absolute atomic E-state index is 12.0. The highest BCUT2D eigenvalue weighted by Gasteiger charge is 2.16. The molecule has 0 unspecified atom stereocenters. The standard InChI is InChI=1S/C19H29ClN4O/c1-21-19(24-14-16-7-9-17(20)10-8-16)23-12-11-22-18(25)13-15-5-3-2-4-6-15/h7-10,15H,2-6,11-14H2,1H3,(H,22,25)(H2,21,23,24). The van der Waals surface area contributed by atoms with Gasteiger partial charge in [0.1, 0.15) is 0 Å². The van der Waals surface area contributed by atoms with Crippen molar-refractivity contribution in [2.24, 2.45) is 10.9 Å². The van der Waals surface area contributed by atoms with Crippen LogP contribution in [0.15, 0.2) is 29.3 Å². The zero-order chi connectivity index (χ0) is 17.9. The summed E-state index contributed by atoms with van der Waals surface area (Å²) in [5.41, 5.74) is 1.13. The molecular weight excluding hydrogens is 336 g/mol. The second kappa shape index (κ2) is 11.0. The average molecular weight is 365 g/mol. The van der Waals surface area contributed by atoms with Gasteiger partial charge in [-0.3, -0.25) is 9.79 Å². The molecule has 0 saturated heterocycles. The lowest BCUT2D eigenvalue weighted by Crippen LogP contribution is -2.41. The van der Waals surface area contributed by atoms with Crippen LogP contribution in [0, 0.1) is 5.92 Å². The van der Waals surface area contributed by atoms with Gasteiger partial charge in [0.05, 0.1) is 0 Å². The van der Waals surface area contributed by atoms with Crippen LogP contribution in [0.25, 0.3) is 0 Å². The lowest BCUT2D eigenvalue weighted by atomic mass is 9.87. The van der Waals surface area contributed by atoms with Gasteiger partial charge in [-0.1, -0.05) is 43.0 Å². The largest absolute Gasteiger partial charge is 0.355 e.